The van der Waals surface area contributed by atoms with Crippen molar-refractivity contribution in [1.82, 2.24) is 4.98 Å². The molecule has 1 aliphatic rings. The van der Waals surface area contributed by atoms with Crippen LogP contribution in [-0.4, -0.2) is 4.98 Å². The van der Waals surface area contributed by atoms with E-state index in [4.69, 9.17) is 11.6 Å². The Bertz CT molecular complexity index is 515. The van der Waals surface area contributed by atoms with Crippen molar-refractivity contribution in [2.75, 3.05) is 0 Å². The van der Waals surface area contributed by atoms with Crippen LogP contribution in [0.5, 0.6) is 0 Å². The number of benzene rings is 1. The van der Waals surface area contributed by atoms with Gasteiger partial charge in [0.1, 0.15) is 0 Å². The van der Waals surface area contributed by atoms with Gasteiger partial charge in [-0.15, -0.1) is 0 Å². The molecule has 17 heavy (non-hydrogen) atoms. The lowest BCUT2D eigenvalue weighted by molar-refractivity contribution is 0.420. The van der Waals surface area contributed by atoms with Gasteiger partial charge in [-0.25, -0.2) is 0 Å². The third kappa shape index (κ3) is 2.20. The van der Waals surface area contributed by atoms with Crippen LogP contribution < -0.4 is 0 Å². The van der Waals surface area contributed by atoms with E-state index in [1.165, 1.54) is 24.8 Å². The summed E-state index contributed by atoms with van der Waals surface area (Å²) in [5.74, 6) is 0.788. The van der Waals surface area contributed by atoms with E-state index in [-0.39, 0.29) is 0 Å². The van der Waals surface area contributed by atoms with Crippen LogP contribution in [0.25, 0.3) is 11.3 Å². The van der Waals surface area contributed by atoms with Crippen LogP contribution in [0.2, 0.25) is 5.02 Å². The van der Waals surface area contributed by atoms with Crippen molar-refractivity contribution < 1.29 is 0 Å². The number of halogens is 1. The lowest BCUT2D eigenvalue weighted by Crippen LogP contribution is -2.08. The minimum Gasteiger partial charge on any atom is -0.256 e. The van der Waals surface area contributed by atoms with Crippen molar-refractivity contribution in [2.45, 2.75) is 25.2 Å². The summed E-state index contributed by atoms with van der Waals surface area (Å²) in [6.45, 7) is 0. The lowest BCUT2D eigenvalue weighted by atomic mass is 9.80. The Hall–Kier alpha value is -1.34. The molecule has 0 atom stereocenters. The van der Waals surface area contributed by atoms with Gasteiger partial charge in [0.25, 0.3) is 0 Å². The third-order valence-electron chi connectivity index (χ3n) is 3.51. The molecule has 2 aromatic rings. The Labute approximate surface area is 106 Å². The number of pyridine rings is 1. The summed E-state index contributed by atoms with van der Waals surface area (Å²) in [5.41, 5.74) is 3.54. The van der Waals surface area contributed by atoms with Crippen LogP contribution in [0.1, 0.15) is 30.7 Å². The molecule has 0 unspecified atom stereocenters. The van der Waals surface area contributed by atoms with Crippen molar-refractivity contribution in [2.24, 2.45) is 0 Å². The Balaban J connectivity index is 1.88. The van der Waals surface area contributed by atoms with Crippen LogP contribution in [-0.2, 0) is 0 Å². The van der Waals surface area contributed by atoms with Gasteiger partial charge in [-0.3, -0.25) is 4.98 Å². The molecule has 1 aliphatic carbocycles. The lowest BCUT2D eigenvalue weighted by Gasteiger charge is -2.25. The normalized spacial score (nSPS) is 15.6. The number of aromatic nitrogens is 1. The molecule has 0 amide bonds. The van der Waals surface area contributed by atoms with Crippen LogP contribution in [0.4, 0.5) is 0 Å². The standard InChI is InChI=1S/C15H14ClN/c16-14-8-9-17-15(10-14)13-6-4-12(5-7-13)11-2-1-3-11/h4-11H,1-3H2. The Morgan fingerprint density at radius 1 is 1.06 bits per heavy atom. The van der Waals surface area contributed by atoms with Crippen LogP contribution in [0, 0.1) is 0 Å². The summed E-state index contributed by atoms with van der Waals surface area (Å²) in [6, 6.07) is 12.4. The summed E-state index contributed by atoms with van der Waals surface area (Å²) in [6.07, 6.45) is 5.81. The van der Waals surface area contributed by atoms with Gasteiger partial charge in [0.05, 0.1) is 5.69 Å². The van der Waals surface area contributed by atoms with Crippen molar-refractivity contribution >= 4 is 11.6 Å². The smallest absolute Gasteiger partial charge is 0.0716 e. The molecule has 1 fully saturated rings. The van der Waals surface area contributed by atoms with Gasteiger partial charge in [-0.1, -0.05) is 42.3 Å². The van der Waals surface area contributed by atoms with Gasteiger partial charge >= 0.3 is 0 Å². The highest BCUT2D eigenvalue weighted by Gasteiger charge is 2.18. The first-order valence-corrected chi connectivity index (χ1v) is 6.42. The number of hydrogen-bond donors (Lipinski definition) is 0. The molecule has 1 heterocycles. The molecule has 0 spiro atoms. The summed E-state index contributed by atoms with van der Waals surface area (Å²) in [5, 5.41) is 0.734. The SMILES string of the molecule is Clc1ccnc(-c2ccc(C3CCC3)cc2)c1. The summed E-state index contributed by atoms with van der Waals surface area (Å²) in [4.78, 5) is 4.33. The second-order valence-electron chi connectivity index (χ2n) is 4.61. The maximum Gasteiger partial charge on any atom is 0.0716 e. The average Bonchev–Trinajstić information content (AvgIpc) is 2.28. The van der Waals surface area contributed by atoms with Crippen LogP contribution in [0.15, 0.2) is 42.6 Å². The van der Waals surface area contributed by atoms with Gasteiger partial charge in [-0.2, -0.15) is 0 Å². The van der Waals surface area contributed by atoms with Crippen LogP contribution in [0.3, 0.4) is 0 Å². The van der Waals surface area contributed by atoms with Crippen molar-refractivity contribution in [3.63, 3.8) is 0 Å². The molecule has 1 aromatic carbocycles. The maximum absolute atomic E-state index is 5.97. The van der Waals surface area contributed by atoms with Gasteiger partial charge < -0.3 is 0 Å². The highest BCUT2D eigenvalue weighted by Crippen LogP contribution is 2.36. The number of nitrogens with zero attached hydrogens (tertiary/aromatic N) is 1. The van der Waals surface area contributed by atoms with Crippen molar-refractivity contribution in [3.05, 3.63) is 53.2 Å². The first kappa shape index (κ1) is 10.8. The first-order chi connectivity index (χ1) is 8.33. The molecule has 0 bridgehead atoms. The molecule has 86 valence electrons. The quantitative estimate of drug-likeness (QED) is 0.747. The van der Waals surface area contributed by atoms with E-state index >= 15 is 0 Å². The summed E-state index contributed by atoms with van der Waals surface area (Å²) >= 11 is 5.97. The minimum absolute atomic E-state index is 0.734. The van der Waals surface area contributed by atoms with Gasteiger partial charge in [-0.05, 0) is 36.5 Å². The van der Waals surface area contributed by atoms with E-state index in [2.05, 4.69) is 29.2 Å². The maximum atomic E-state index is 5.97. The number of hydrogen-bond acceptors (Lipinski definition) is 1. The summed E-state index contributed by atoms with van der Waals surface area (Å²) < 4.78 is 0. The molecule has 0 aliphatic heterocycles. The van der Waals surface area contributed by atoms with Crippen molar-refractivity contribution in [1.29, 1.82) is 0 Å². The first-order valence-electron chi connectivity index (χ1n) is 6.05. The second-order valence-corrected chi connectivity index (χ2v) is 5.05. The van der Waals surface area contributed by atoms with E-state index < -0.39 is 0 Å². The zero-order chi connectivity index (χ0) is 11.7. The van der Waals surface area contributed by atoms with Crippen LogP contribution >= 0.6 is 11.6 Å². The predicted molar refractivity (Wildman–Crippen MR) is 71.3 cm³/mol. The molecule has 0 N–H and O–H groups in total. The third-order valence-corrected chi connectivity index (χ3v) is 3.74. The van der Waals surface area contributed by atoms with E-state index in [1.807, 2.05) is 6.07 Å². The molecule has 1 saturated carbocycles. The molecule has 1 aromatic heterocycles. The fraction of sp³-hybridized carbons (Fsp3) is 0.267. The monoisotopic (exact) mass is 243 g/mol. The Morgan fingerprint density at radius 2 is 1.82 bits per heavy atom. The van der Waals surface area contributed by atoms with Gasteiger partial charge in [0, 0.05) is 16.8 Å². The second kappa shape index (κ2) is 4.50. The van der Waals surface area contributed by atoms with E-state index in [0.717, 1.165) is 22.2 Å². The molecule has 2 heteroatoms. The average molecular weight is 244 g/mol. The minimum atomic E-state index is 0.734. The van der Waals surface area contributed by atoms with E-state index in [1.54, 1.807) is 12.3 Å². The molecule has 3 rings (SSSR count). The van der Waals surface area contributed by atoms with E-state index in [9.17, 15) is 0 Å². The topological polar surface area (TPSA) is 12.9 Å². The fourth-order valence-electron chi connectivity index (χ4n) is 2.23. The molecular formula is C15H14ClN. The molecule has 1 nitrogen and oxygen atoms in total. The molecular weight excluding hydrogens is 230 g/mol. The molecule has 0 saturated heterocycles. The predicted octanol–water partition coefficient (Wildman–Crippen LogP) is 4.67. The van der Waals surface area contributed by atoms with Crippen molar-refractivity contribution in [3.8, 4) is 11.3 Å². The highest BCUT2D eigenvalue weighted by atomic mass is 35.5. The fourth-order valence-corrected chi connectivity index (χ4v) is 2.39. The van der Waals surface area contributed by atoms with Gasteiger partial charge in [0.15, 0.2) is 0 Å². The Kier molecular flexibility index (Phi) is 2.86. The largest absolute Gasteiger partial charge is 0.256 e. The highest BCUT2D eigenvalue weighted by molar-refractivity contribution is 6.30. The van der Waals surface area contributed by atoms with E-state index in [0.29, 0.717) is 0 Å². The number of rotatable bonds is 2. The molecule has 0 radical (unpaired) electrons. The zero-order valence-corrected chi connectivity index (χ0v) is 10.3. The zero-order valence-electron chi connectivity index (χ0n) is 9.57. The Morgan fingerprint density at radius 3 is 2.41 bits per heavy atom. The summed E-state index contributed by atoms with van der Waals surface area (Å²) in [7, 11) is 0. The van der Waals surface area contributed by atoms with Gasteiger partial charge in [0.2, 0.25) is 0 Å².